The Morgan fingerprint density at radius 3 is 2.00 bits per heavy atom. The third-order valence-corrected chi connectivity index (χ3v) is 2.40. The number of hydrogen-bond donors (Lipinski definition) is 1. The summed E-state index contributed by atoms with van der Waals surface area (Å²) < 4.78 is 0. The van der Waals surface area contributed by atoms with Crippen LogP contribution in [0.3, 0.4) is 0 Å². The average Bonchev–Trinajstić information content (AvgIpc) is 2.00. The van der Waals surface area contributed by atoms with Crippen LogP contribution in [0.4, 0.5) is 0 Å². The zero-order valence-corrected chi connectivity index (χ0v) is 10.5. The first-order chi connectivity index (χ1) is 6.77. The molecule has 0 aliphatic heterocycles. The normalized spacial score (nSPS) is 14.9. The van der Waals surface area contributed by atoms with Crippen LogP contribution in [0.25, 0.3) is 0 Å². The standard InChI is InChI=1S/C11H22N2O2/c1-8(7-12(3)4)9(2)10(11(14)15)13(5)6/h8H,7H2,1-6H3,(H,14,15). The third kappa shape index (κ3) is 4.34. The molecule has 0 saturated heterocycles. The van der Waals surface area contributed by atoms with E-state index in [1.54, 1.807) is 19.0 Å². The van der Waals surface area contributed by atoms with E-state index in [4.69, 9.17) is 5.11 Å². The maximum absolute atomic E-state index is 11.1. The van der Waals surface area contributed by atoms with Gasteiger partial charge in [0.25, 0.3) is 0 Å². The maximum Gasteiger partial charge on any atom is 0.352 e. The Morgan fingerprint density at radius 1 is 1.27 bits per heavy atom. The van der Waals surface area contributed by atoms with Crippen molar-refractivity contribution in [1.82, 2.24) is 9.80 Å². The number of aliphatic carboxylic acids is 1. The van der Waals surface area contributed by atoms with Gasteiger partial charge < -0.3 is 14.9 Å². The molecule has 0 spiro atoms. The van der Waals surface area contributed by atoms with Gasteiger partial charge in [-0.05, 0) is 32.5 Å². The highest BCUT2D eigenvalue weighted by Gasteiger charge is 2.18. The molecule has 0 bridgehead atoms. The highest BCUT2D eigenvalue weighted by atomic mass is 16.4. The van der Waals surface area contributed by atoms with Crippen molar-refractivity contribution in [3.63, 3.8) is 0 Å². The lowest BCUT2D eigenvalue weighted by Crippen LogP contribution is -2.26. The van der Waals surface area contributed by atoms with Crippen molar-refractivity contribution < 1.29 is 9.90 Å². The molecule has 0 saturated carbocycles. The SMILES string of the molecule is CC(=C(C(=O)O)N(C)C)C(C)CN(C)C. The molecule has 0 aliphatic carbocycles. The Kier molecular flexibility index (Phi) is 5.36. The van der Waals surface area contributed by atoms with Gasteiger partial charge in [0, 0.05) is 20.6 Å². The Hall–Kier alpha value is -1.03. The fraction of sp³-hybridized carbons (Fsp3) is 0.727. The minimum atomic E-state index is -0.858. The van der Waals surface area contributed by atoms with Crippen molar-refractivity contribution in [2.45, 2.75) is 13.8 Å². The molecule has 1 atom stereocenters. The second-order valence-corrected chi connectivity index (χ2v) is 4.39. The van der Waals surface area contributed by atoms with Gasteiger partial charge in [-0.25, -0.2) is 4.79 Å². The van der Waals surface area contributed by atoms with E-state index in [0.717, 1.165) is 12.1 Å². The van der Waals surface area contributed by atoms with Gasteiger partial charge in [0.1, 0.15) is 5.70 Å². The first kappa shape index (κ1) is 14.0. The van der Waals surface area contributed by atoms with E-state index in [1.165, 1.54) is 0 Å². The second-order valence-electron chi connectivity index (χ2n) is 4.39. The van der Waals surface area contributed by atoms with Crippen LogP contribution in [0.15, 0.2) is 11.3 Å². The van der Waals surface area contributed by atoms with Crippen LogP contribution in [0, 0.1) is 5.92 Å². The first-order valence-electron chi connectivity index (χ1n) is 5.03. The molecule has 1 N–H and O–H groups in total. The molecule has 1 unspecified atom stereocenters. The van der Waals surface area contributed by atoms with Crippen LogP contribution < -0.4 is 0 Å². The van der Waals surface area contributed by atoms with Gasteiger partial charge in [0.05, 0.1) is 0 Å². The molecule has 0 aliphatic rings. The van der Waals surface area contributed by atoms with Crippen molar-refractivity contribution >= 4 is 5.97 Å². The van der Waals surface area contributed by atoms with Gasteiger partial charge in [-0.1, -0.05) is 6.92 Å². The van der Waals surface area contributed by atoms with Crippen LogP contribution in [-0.4, -0.2) is 55.6 Å². The van der Waals surface area contributed by atoms with Gasteiger partial charge in [-0.15, -0.1) is 0 Å². The minimum Gasteiger partial charge on any atom is -0.477 e. The molecule has 0 aromatic carbocycles. The number of rotatable bonds is 5. The predicted octanol–water partition coefficient (Wildman–Crippen LogP) is 1.10. The van der Waals surface area contributed by atoms with Crippen LogP contribution in [0.2, 0.25) is 0 Å². The van der Waals surface area contributed by atoms with E-state index in [-0.39, 0.29) is 5.92 Å². The molecule has 0 rings (SSSR count). The molecule has 0 aromatic heterocycles. The molecule has 4 nitrogen and oxygen atoms in total. The summed E-state index contributed by atoms with van der Waals surface area (Å²) in [5, 5.41) is 9.08. The highest BCUT2D eigenvalue weighted by molar-refractivity contribution is 5.86. The molecule has 0 aromatic rings. The van der Waals surface area contributed by atoms with Crippen LogP contribution >= 0.6 is 0 Å². The summed E-state index contributed by atoms with van der Waals surface area (Å²) in [4.78, 5) is 14.8. The Morgan fingerprint density at radius 2 is 1.73 bits per heavy atom. The number of hydrogen-bond acceptors (Lipinski definition) is 3. The summed E-state index contributed by atoms with van der Waals surface area (Å²) in [7, 11) is 7.49. The monoisotopic (exact) mass is 214 g/mol. The number of carboxylic acid groups (broad SMARTS) is 1. The fourth-order valence-corrected chi connectivity index (χ4v) is 1.63. The maximum atomic E-state index is 11.1. The lowest BCUT2D eigenvalue weighted by molar-refractivity contribution is -0.134. The van der Waals surface area contributed by atoms with Crippen molar-refractivity contribution in [3.8, 4) is 0 Å². The van der Waals surface area contributed by atoms with Crippen molar-refractivity contribution in [3.05, 3.63) is 11.3 Å². The molecule has 0 fully saturated rings. The molecule has 0 radical (unpaired) electrons. The number of nitrogens with zero attached hydrogens (tertiary/aromatic N) is 2. The lowest BCUT2D eigenvalue weighted by atomic mass is 9.99. The first-order valence-corrected chi connectivity index (χ1v) is 5.03. The van der Waals surface area contributed by atoms with Crippen molar-refractivity contribution in [2.24, 2.45) is 5.92 Å². The molecule has 4 heteroatoms. The van der Waals surface area contributed by atoms with Crippen LogP contribution in [-0.2, 0) is 4.79 Å². The van der Waals surface area contributed by atoms with Crippen molar-refractivity contribution in [1.29, 1.82) is 0 Å². The summed E-state index contributed by atoms with van der Waals surface area (Å²) in [6.45, 7) is 4.79. The average molecular weight is 214 g/mol. The highest BCUT2D eigenvalue weighted by Crippen LogP contribution is 2.17. The summed E-state index contributed by atoms with van der Waals surface area (Å²) in [5.41, 5.74) is 1.31. The molecule has 15 heavy (non-hydrogen) atoms. The fourth-order valence-electron chi connectivity index (χ4n) is 1.63. The van der Waals surface area contributed by atoms with E-state index in [1.807, 2.05) is 27.9 Å². The number of likely N-dealkylation sites (N-methyl/N-ethyl adjacent to an activating group) is 1. The third-order valence-electron chi connectivity index (χ3n) is 2.40. The lowest BCUT2D eigenvalue weighted by Gasteiger charge is -2.22. The molecular formula is C11H22N2O2. The van der Waals surface area contributed by atoms with E-state index in [0.29, 0.717) is 5.70 Å². The zero-order chi connectivity index (χ0) is 12.2. The molecule has 0 amide bonds. The number of carboxylic acids is 1. The minimum absolute atomic E-state index is 0.244. The summed E-state index contributed by atoms with van der Waals surface area (Å²) in [6, 6.07) is 0. The molecular weight excluding hydrogens is 192 g/mol. The van der Waals surface area contributed by atoms with Gasteiger partial charge in [-0.2, -0.15) is 0 Å². The van der Waals surface area contributed by atoms with E-state index in [2.05, 4.69) is 4.90 Å². The van der Waals surface area contributed by atoms with Gasteiger partial charge >= 0.3 is 5.97 Å². The van der Waals surface area contributed by atoms with Gasteiger partial charge in [0.2, 0.25) is 0 Å². The van der Waals surface area contributed by atoms with Gasteiger partial charge in [-0.3, -0.25) is 0 Å². The topological polar surface area (TPSA) is 43.8 Å². The summed E-state index contributed by atoms with van der Waals surface area (Å²) in [6.07, 6.45) is 0. The van der Waals surface area contributed by atoms with Crippen LogP contribution in [0.5, 0.6) is 0 Å². The largest absolute Gasteiger partial charge is 0.477 e. The van der Waals surface area contributed by atoms with Crippen molar-refractivity contribution in [2.75, 3.05) is 34.7 Å². The molecule has 88 valence electrons. The Labute approximate surface area is 92.2 Å². The van der Waals surface area contributed by atoms with E-state index < -0.39 is 5.97 Å². The zero-order valence-electron chi connectivity index (χ0n) is 10.5. The smallest absolute Gasteiger partial charge is 0.352 e. The summed E-state index contributed by atoms with van der Waals surface area (Å²) >= 11 is 0. The molecule has 0 heterocycles. The van der Waals surface area contributed by atoms with E-state index >= 15 is 0 Å². The van der Waals surface area contributed by atoms with Crippen LogP contribution in [0.1, 0.15) is 13.8 Å². The second kappa shape index (κ2) is 5.75. The Bertz CT molecular complexity index is 257. The van der Waals surface area contributed by atoms with Gasteiger partial charge in [0.15, 0.2) is 0 Å². The quantitative estimate of drug-likeness (QED) is 0.696. The Balaban J connectivity index is 4.92. The summed E-state index contributed by atoms with van der Waals surface area (Å²) in [5.74, 6) is -0.614. The number of carbonyl (C=O) groups is 1. The van der Waals surface area contributed by atoms with E-state index in [9.17, 15) is 4.79 Å². The predicted molar refractivity (Wildman–Crippen MR) is 61.7 cm³/mol.